The Morgan fingerprint density at radius 2 is 1.00 bits per heavy atom. The summed E-state index contributed by atoms with van der Waals surface area (Å²) in [5.74, 6) is 0.0904. The number of ether oxygens (including phenoxy) is 1. The molecule has 4 nitrogen and oxygen atoms in total. The van der Waals surface area contributed by atoms with E-state index in [-0.39, 0.29) is 18.6 Å². The van der Waals surface area contributed by atoms with E-state index in [1.54, 1.807) is 0 Å². The van der Waals surface area contributed by atoms with Gasteiger partial charge in [-0.05, 0) is 12.8 Å². The fourth-order valence-corrected chi connectivity index (χ4v) is 4.46. The van der Waals surface area contributed by atoms with E-state index < -0.39 is 0 Å². The van der Waals surface area contributed by atoms with Crippen LogP contribution in [0.3, 0.4) is 0 Å². The van der Waals surface area contributed by atoms with Crippen LogP contribution in [0.5, 0.6) is 0 Å². The zero-order valence-electron chi connectivity index (χ0n) is 23.2. The van der Waals surface area contributed by atoms with Crippen molar-refractivity contribution in [2.75, 3.05) is 19.8 Å². The summed E-state index contributed by atoms with van der Waals surface area (Å²) in [4.78, 5) is 12.1. The third-order valence-corrected chi connectivity index (χ3v) is 6.84. The molecule has 0 rings (SSSR count). The van der Waals surface area contributed by atoms with Crippen molar-refractivity contribution in [3.8, 4) is 0 Å². The Kier molecular flexibility index (Phi) is 28.1. The maximum absolute atomic E-state index is 12.1. The molecule has 0 saturated heterocycles. The van der Waals surface area contributed by atoms with Gasteiger partial charge in [-0.2, -0.15) is 0 Å². The zero-order valence-corrected chi connectivity index (χ0v) is 23.2. The van der Waals surface area contributed by atoms with E-state index in [9.17, 15) is 9.90 Å². The summed E-state index contributed by atoms with van der Waals surface area (Å²) in [5.41, 5.74) is 0. The molecular weight excluding hydrogens is 422 g/mol. The molecular formula is C30H61NO3. The lowest BCUT2D eigenvalue weighted by atomic mass is 10.1. The third-order valence-electron chi connectivity index (χ3n) is 6.84. The van der Waals surface area contributed by atoms with Gasteiger partial charge in [0.25, 0.3) is 0 Å². The zero-order chi connectivity index (χ0) is 25.0. The van der Waals surface area contributed by atoms with E-state index in [4.69, 9.17) is 4.74 Å². The summed E-state index contributed by atoms with van der Waals surface area (Å²) in [6, 6.07) is 0. The monoisotopic (exact) mass is 483 g/mol. The van der Waals surface area contributed by atoms with Gasteiger partial charge in [-0.1, -0.05) is 142 Å². The van der Waals surface area contributed by atoms with Crippen LogP contribution in [0, 0.1) is 0 Å². The molecule has 0 aliphatic carbocycles. The van der Waals surface area contributed by atoms with Crippen molar-refractivity contribution >= 4 is 5.91 Å². The lowest BCUT2D eigenvalue weighted by molar-refractivity contribution is -0.122. The highest BCUT2D eigenvalue weighted by Crippen LogP contribution is 2.13. The van der Waals surface area contributed by atoms with Gasteiger partial charge in [0.1, 0.15) is 0 Å². The van der Waals surface area contributed by atoms with Crippen LogP contribution in [0.2, 0.25) is 0 Å². The Morgan fingerprint density at radius 1 is 0.618 bits per heavy atom. The van der Waals surface area contributed by atoms with Gasteiger partial charge in [-0.15, -0.1) is 0 Å². The van der Waals surface area contributed by atoms with Gasteiger partial charge in [-0.25, -0.2) is 0 Å². The molecule has 204 valence electrons. The van der Waals surface area contributed by atoms with Gasteiger partial charge in [0.2, 0.25) is 5.91 Å². The lowest BCUT2D eigenvalue weighted by Crippen LogP contribution is -2.35. The van der Waals surface area contributed by atoms with Crippen LogP contribution >= 0.6 is 0 Å². The molecule has 0 spiro atoms. The van der Waals surface area contributed by atoms with Crippen molar-refractivity contribution in [2.45, 2.75) is 168 Å². The maximum atomic E-state index is 12.1. The Bertz CT molecular complexity index is 403. The first-order chi connectivity index (χ1) is 16.7. The fourth-order valence-electron chi connectivity index (χ4n) is 4.46. The Hall–Kier alpha value is -0.610. The normalized spacial score (nSPS) is 12.2. The summed E-state index contributed by atoms with van der Waals surface area (Å²) < 4.78 is 5.77. The van der Waals surface area contributed by atoms with Gasteiger partial charge >= 0.3 is 0 Å². The number of aliphatic hydroxyl groups excluding tert-OH is 1. The number of amides is 1. The summed E-state index contributed by atoms with van der Waals surface area (Å²) in [7, 11) is 0. The van der Waals surface area contributed by atoms with E-state index in [0.717, 1.165) is 19.3 Å². The second kappa shape index (κ2) is 28.6. The molecule has 0 aromatic heterocycles. The average Bonchev–Trinajstić information content (AvgIpc) is 2.85. The SMILES string of the molecule is CCCCCCCCCCCCCOC(CO)CNC(=O)CCCCCCCCCCCCC. The number of unbranched alkanes of at least 4 members (excludes halogenated alkanes) is 20. The number of rotatable bonds is 28. The molecule has 0 aliphatic heterocycles. The lowest BCUT2D eigenvalue weighted by Gasteiger charge is -2.16. The molecule has 1 atom stereocenters. The standard InChI is InChI=1S/C30H61NO3/c1-3-5-7-9-11-13-15-17-19-21-23-25-30(33)31-27-29(28-32)34-26-24-22-20-18-16-14-12-10-8-6-4-2/h29,32H,3-28H2,1-2H3,(H,31,33). The molecule has 0 saturated carbocycles. The van der Waals surface area contributed by atoms with Crippen LogP contribution in [0.25, 0.3) is 0 Å². The number of hydrogen-bond acceptors (Lipinski definition) is 3. The third kappa shape index (κ3) is 26.0. The predicted octanol–water partition coefficient (Wildman–Crippen LogP) is 8.49. The van der Waals surface area contributed by atoms with Gasteiger partial charge < -0.3 is 15.2 Å². The fraction of sp³-hybridized carbons (Fsp3) is 0.967. The summed E-state index contributed by atoms with van der Waals surface area (Å²) in [6.07, 6.45) is 29.0. The second-order valence-corrected chi connectivity index (χ2v) is 10.3. The smallest absolute Gasteiger partial charge is 0.220 e. The number of carbonyl (C=O) groups excluding carboxylic acids is 1. The first kappa shape index (κ1) is 33.4. The summed E-state index contributed by atoms with van der Waals surface area (Å²) >= 11 is 0. The molecule has 4 heteroatoms. The molecule has 34 heavy (non-hydrogen) atoms. The van der Waals surface area contributed by atoms with Crippen molar-refractivity contribution < 1.29 is 14.6 Å². The van der Waals surface area contributed by atoms with Crippen molar-refractivity contribution in [1.82, 2.24) is 5.32 Å². The highest BCUT2D eigenvalue weighted by molar-refractivity contribution is 5.75. The quantitative estimate of drug-likeness (QED) is 0.110. The first-order valence-corrected chi connectivity index (χ1v) is 15.2. The highest BCUT2D eigenvalue weighted by atomic mass is 16.5. The highest BCUT2D eigenvalue weighted by Gasteiger charge is 2.09. The Morgan fingerprint density at radius 3 is 1.41 bits per heavy atom. The molecule has 0 fully saturated rings. The summed E-state index contributed by atoms with van der Waals surface area (Å²) in [5, 5.41) is 12.5. The largest absolute Gasteiger partial charge is 0.394 e. The predicted molar refractivity (Wildman–Crippen MR) is 147 cm³/mol. The van der Waals surface area contributed by atoms with Crippen molar-refractivity contribution in [2.24, 2.45) is 0 Å². The van der Waals surface area contributed by atoms with Gasteiger partial charge in [0, 0.05) is 19.6 Å². The van der Waals surface area contributed by atoms with Crippen LogP contribution in [-0.4, -0.2) is 36.9 Å². The van der Waals surface area contributed by atoms with Gasteiger partial charge in [0.15, 0.2) is 0 Å². The van der Waals surface area contributed by atoms with Crippen LogP contribution in [-0.2, 0) is 9.53 Å². The molecule has 1 unspecified atom stereocenters. The van der Waals surface area contributed by atoms with Gasteiger partial charge in [-0.3, -0.25) is 4.79 Å². The molecule has 0 aromatic rings. The molecule has 0 heterocycles. The average molecular weight is 484 g/mol. The Balaban J connectivity index is 3.42. The molecule has 0 bridgehead atoms. The number of carbonyl (C=O) groups is 1. The van der Waals surface area contributed by atoms with Crippen LogP contribution in [0.4, 0.5) is 0 Å². The van der Waals surface area contributed by atoms with Crippen LogP contribution < -0.4 is 5.32 Å². The molecule has 0 radical (unpaired) electrons. The minimum Gasteiger partial charge on any atom is -0.394 e. The van der Waals surface area contributed by atoms with Crippen LogP contribution in [0.15, 0.2) is 0 Å². The van der Waals surface area contributed by atoms with E-state index in [2.05, 4.69) is 19.2 Å². The van der Waals surface area contributed by atoms with Crippen LogP contribution in [0.1, 0.15) is 162 Å². The summed E-state index contributed by atoms with van der Waals surface area (Å²) in [6.45, 7) is 5.60. The Labute approximate surface area is 213 Å². The minimum absolute atomic E-state index is 0.0310. The number of aliphatic hydroxyl groups is 1. The first-order valence-electron chi connectivity index (χ1n) is 15.2. The van der Waals surface area contributed by atoms with E-state index >= 15 is 0 Å². The topological polar surface area (TPSA) is 58.6 Å². The van der Waals surface area contributed by atoms with E-state index in [0.29, 0.717) is 19.6 Å². The molecule has 0 aliphatic rings. The molecule has 1 amide bonds. The number of hydrogen-bond donors (Lipinski definition) is 2. The molecule has 0 aromatic carbocycles. The van der Waals surface area contributed by atoms with E-state index in [1.807, 2.05) is 0 Å². The van der Waals surface area contributed by atoms with Crippen molar-refractivity contribution in [1.29, 1.82) is 0 Å². The maximum Gasteiger partial charge on any atom is 0.220 e. The van der Waals surface area contributed by atoms with Crippen molar-refractivity contribution in [3.63, 3.8) is 0 Å². The number of nitrogens with one attached hydrogen (secondary N) is 1. The van der Waals surface area contributed by atoms with Gasteiger partial charge in [0.05, 0.1) is 12.7 Å². The van der Waals surface area contributed by atoms with E-state index in [1.165, 1.54) is 122 Å². The molecule has 2 N–H and O–H groups in total. The second-order valence-electron chi connectivity index (χ2n) is 10.3. The van der Waals surface area contributed by atoms with Crippen molar-refractivity contribution in [3.05, 3.63) is 0 Å². The minimum atomic E-state index is -0.274.